The number of hydrogen-bond acceptors (Lipinski definition) is 5. The lowest BCUT2D eigenvalue weighted by molar-refractivity contribution is -0.119. The minimum absolute atomic E-state index is 0.0716. The Hall–Kier alpha value is -2.60. The average Bonchev–Trinajstić information content (AvgIpc) is 2.51. The second-order valence-corrected chi connectivity index (χ2v) is 5.72. The Balaban J connectivity index is 2.03. The Morgan fingerprint density at radius 2 is 1.96 bits per heavy atom. The van der Waals surface area contributed by atoms with Gasteiger partial charge in [-0.2, -0.15) is 4.98 Å². The molecule has 23 heavy (non-hydrogen) atoms. The second kappa shape index (κ2) is 5.89. The normalized spacial score (nSPS) is 23.3. The lowest BCUT2D eigenvalue weighted by Crippen LogP contribution is -2.49. The number of nitrogens with zero attached hydrogens (tertiary/aromatic N) is 2. The van der Waals surface area contributed by atoms with E-state index in [0.717, 1.165) is 5.56 Å². The van der Waals surface area contributed by atoms with Gasteiger partial charge in [-0.05, 0) is 17.7 Å². The van der Waals surface area contributed by atoms with Crippen molar-refractivity contribution in [1.82, 2.24) is 4.98 Å². The first-order valence-corrected chi connectivity index (χ1v) is 7.48. The molecule has 1 aromatic heterocycles. The Kier molecular flexibility index (Phi) is 3.92. The summed E-state index contributed by atoms with van der Waals surface area (Å²) in [5.41, 5.74) is 1.59. The lowest BCUT2D eigenvalue weighted by atomic mass is 9.86. The summed E-state index contributed by atoms with van der Waals surface area (Å²) in [5.74, 6) is -0.0125. The van der Waals surface area contributed by atoms with Gasteiger partial charge in [0.25, 0.3) is 0 Å². The first-order valence-electron chi connectivity index (χ1n) is 7.48. The van der Waals surface area contributed by atoms with Gasteiger partial charge in [0.15, 0.2) is 0 Å². The van der Waals surface area contributed by atoms with Gasteiger partial charge >= 0.3 is 0 Å². The van der Waals surface area contributed by atoms with Crippen LogP contribution < -0.4 is 10.2 Å². The quantitative estimate of drug-likeness (QED) is 0.792. The molecule has 0 saturated carbocycles. The molecule has 0 bridgehead atoms. The van der Waals surface area contributed by atoms with E-state index in [0.29, 0.717) is 11.5 Å². The van der Waals surface area contributed by atoms with E-state index in [4.69, 9.17) is 0 Å². The van der Waals surface area contributed by atoms with Crippen LogP contribution in [-0.4, -0.2) is 27.3 Å². The molecule has 1 aliphatic rings. The number of rotatable bonds is 2. The summed E-state index contributed by atoms with van der Waals surface area (Å²) in [5, 5.41) is 23.3. The van der Waals surface area contributed by atoms with Gasteiger partial charge in [0.1, 0.15) is 12.0 Å². The van der Waals surface area contributed by atoms with E-state index < -0.39 is 6.23 Å². The number of aromatic hydroxyl groups is 1. The molecule has 1 aliphatic heterocycles. The predicted molar refractivity (Wildman–Crippen MR) is 87.0 cm³/mol. The second-order valence-electron chi connectivity index (χ2n) is 5.72. The number of carbonyl (C=O) groups is 1. The highest BCUT2D eigenvalue weighted by Crippen LogP contribution is 2.41. The van der Waals surface area contributed by atoms with Gasteiger partial charge in [0.2, 0.25) is 11.8 Å². The number of pyridine rings is 1. The molecule has 0 radical (unpaired) electrons. The van der Waals surface area contributed by atoms with Gasteiger partial charge in [-0.3, -0.25) is 9.69 Å². The first kappa shape index (κ1) is 15.3. The van der Waals surface area contributed by atoms with Crippen molar-refractivity contribution in [2.75, 3.05) is 10.2 Å². The number of benzene rings is 1. The summed E-state index contributed by atoms with van der Waals surface area (Å²) in [6, 6.07) is 12.2. The maximum absolute atomic E-state index is 11.9. The van der Waals surface area contributed by atoms with Gasteiger partial charge in [-0.1, -0.05) is 31.2 Å². The molecule has 0 spiro atoms. The van der Waals surface area contributed by atoms with Crippen molar-refractivity contribution in [3.05, 3.63) is 48.0 Å². The number of carbonyl (C=O) groups excluding carboxylic acids is 1. The van der Waals surface area contributed by atoms with Crippen LogP contribution in [0.25, 0.3) is 0 Å². The van der Waals surface area contributed by atoms with E-state index in [1.54, 1.807) is 12.1 Å². The first-order chi connectivity index (χ1) is 11.0. The van der Waals surface area contributed by atoms with Gasteiger partial charge in [0.05, 0.1) is 11.7 Å². The molecule has 6 heteroatoms. The summed E-state index contributed by atoms with van der Waals surface area (Å²) in [7, 11) is 0. The topological polar surface area (TPSA) is 85.7 Å². The highest BCUT2D eigenvalue weighted by molar-refractivity contribution is 5.93. The van der Waals surface area contributed by atoms with E-state index in [9.17, 15) is 15.0 Å². The molecule has 3 atom stereocenters. The third-order valence-corrected chi connectivity index (χ3v) is 4.17. The van der Waals surface area contributed by atoms with Crippen LogP contribution in [0.4, 0.5) is 11.5 Å². The van der Waals surface area contributed by atoms with Crippen molar-refractivity contribution in [3.63, 3.8) is 0 Å². The van der Waals surface area contributed by atoms with Crippen molar-refractivity contribution < 1.29 is 15.0 Å². The van der Waals surface area contributed by atoms with Gasteiger partial charge < -0.3 is 15.5 Å². The third kappa shape index (κ3) is 2.73. The lowest BCUT2D eigenvalue weighted by Gasteiger charge is -2.42. The molecule has 3 N–H and O–H groups in total. The zero-order valence-corrected chi connectivity index (χ0v) is 13.0. The maximum atomic E-state index is 11.9. The fourth-order valence-electron chi connectivity index (χ4n) is 3.03. The van der Waals surface area contributed by atoms with Crippen LogP contribution >= 0.6 is 0 Å². The SMILES string of the molecule is CC(=O)N1c2ccccc2[C@H](Nc2cccc(O)n2)[C@@H](C)[C@@H]1O. The number of hydrogen-bond donors (Lipinski definition) is 3. The fourth-order valence-corrected chi connectivity index (χ4v) is 3.03. The largest absolute Gasteiger partial charge is 0.493 e. The Morgan fingerprint density at radius 3 is 2.65 bits per heavy atom. The summed E-state index contributed by atoms with van der Waals surface area (Å²) >= 11 is 0. The number of nitrogens with one attached hydrogen (secondary N) is 1. The van der Waals surface area contributed by atoms with Crippen LogP contribution in [0.5, 0.6) is 5.88 Å². The van der Waals surface area contributed by atoms with Gasteiger partial charge in [0, 0.05) is 18.9 Å². The zero-order chi connectivity index (χ0) is 16.6. The number of aromatic nitrogens is 1. The van der Waals surface area contributed by atoms with E-state index >= 15 is 0 Å². The molecule has 2 heterocycles. The summed E-state index contributed by atoms with van der Waals surface area (Å²) in [4.78, 5) is 17.4. The molecular weight excluding hydrogens is 294 g/mol. The summed E-state index contributed by atoms with van der Waals surface area (Å²) in [6.07, 6.45) is -0.933. The van der Waals surface area contributed by atoms with E-state index in [1.807, 2.05) is 31.2 Å². The number of para-hydroxylation sites is 1. The molecule has 0 saturated heterocycles. The van der Waals surface area contributed by atoms with Crippen molar-refractivity contribution >= 4 is 17.4 Å². The fraction of sp³-hybridized carbons (Fsp3) is 0.294. The molecule has 3 rings (SSSR count). The molecular formula is C17H19N3O3. The van der Waals surface area contributed by atoms with Crippen molar-refractivity contribution in [2.24, 2.45) is 5.92 Å². The molecule has 0 fully saturated rings. The molecule has 1 aromatic carbocycles. The smallest absolute Gasteiger partial charge is 0.225 e. The van der Waals surface area contributed by atoms with E-state index in [2.05, 4.69) is 10.3 Å². The van der Waals surface area contributed by atoms with Gasteiger partial charge in [-0.25, -0.2) is 0 Å². The van der Waals surface area contributed by atoms with Crippen LogP contribution in [0.15, 0.2) is 42.5 Å². The molecule has 120 valence electrons. The number of amides is 1. The highest BCUT2D eigenvalue weighted by Gasteiger charge is 2.39. The molecule has 6 nitrogen and oxygen atoms in total. The van der Waals surface area contributed by atoms with E-state index in [-0.39, 0.29) is 23.7 Å². The summed E-state index contributed by atoms with van der Waals surface area (Å²) in [6.45, 7) is 3.31. The van der Waals surface area contributed by atoms with Crippen molar-refractivity contribution in [2.45, 2.75) is 26.1 Å². The summed E-state index contributed by atoms with van der Waals surface area (Å²) < 4.78 is 0. The standard InChI is InChI=1S/C17H19N3O3/c1-10-16(19-14-8-5-9-15(22)18-14)12-6-3-4-7-13(12)20(11(2)21)17(10)23/h3-10,16-17,23H,1-2H3,(H2,18,19,22)/t10-,16-,17+/m1/s1. The Bertz CT molecular complexity index is 735. The van der Waals surface area contributed by atoms with Crippen LogP contribution in [0.3, 0.4) is 0 Å². The molecule has 0 unspecified atom stereocenters. The third-order valence-electron chi connectivity index (χ3n) is 4.17. The predicted octanol–water partition coefficient (Wildman–Crippen LogP) is 2.26. The Labute approximate surface area is 134 Å². The maximum Gasteiger partial charge on any atom is 0.225 e. The van der Waals surface area contributed by atoms with Crippen molar-refractivity contribution in [3.8, 4) is 5.88 Å². The van der Waals surface area contributed by atoms with Crippen LogP contribution in [0.2, 0.25) is 0 Å². The zero-order valence-electron chi connectivity index (χ0n) is 13.0. The minimum atomic E-state index is -0.933. The number of anilines is 2. The molecule has 0 aliphatic carbocycles. The van der Waals surface area contributed by atoms with E-state index in [1.165, 1.54) is 17.9 Å². The number of aliphatic hydroxyl groups excluding tert-OH is 1. The van der Waals surface area contributed by atoms with Crippen LogP contribution in [0, 0.1) is 5.92 Å². The van der Waals surface area contributed by atoms with Crippen molar-refractivity contribution in [1.29, 1.82) is 0 Å². The molecule has 2 aromatic rings. The van der Waals surface area contributed by atoms with Crippen LogP contribution in [-0.2, 0) is 4.79 Å². The van der Waals surface area contributed by atoms with Crippen LogP contribution in [0.1, 0.15) is 25.5 Å². The average molecular weight is 313 g/mol. The number of aliphatic hydroxyl groups is 1. The Morgan fingerprint density at radius 1 is 1.22 bits per heavy atom. The monoisotopic (exact) mass is 313 g/mol. The molecule has 1 amide bonds. The number of fused-ring (bicyclic) bond motifs is 1. The minimum Gasteiger partial charge on any atom is -0.493 e. The van der Waals surface area contributed by atoms with Gasteiger partial charge in [-0.15, -0.1) is 0 Å². The highest BCUT2D eigenvalue weighted by atomic mass is 16.3.